The number of fused-ring (bicyclic) bond motifs is 1. The van der Waals surface area contributed by atoms with Gasteiger partial charge in [0.1, 0.15) is 5.82 Å². The largest absolute Gasteiger partial charge is 0.476 e. The van der Waals surface area contributed by atoms with E-state index in [1.165, 1.54) is 39.2 Å². The summed E-state index contributed by atoms with van der Waals surface area (Å²) >= 11 is 0. The maximum absolute atomic E-state index is 12.3. The molecule has 0 atom stereocenters. The van der Waals surface area contributed by atoms with Gasteiger partial charge in [-0.3, -0.25) is 4.68 Å². The van der Waals surface area contributed by atoms with Gasteiger partial charge in [-0.05, 0) is 61.4 Å². The minimum atomic E-state index is -1.07. The number of hydrogen-bond acceptors (Lipinski definition) is 6. The van der Waals surface area contributed by atoms with Crippen molar-refractivity contribution in [2.24, 2.45) is 5.92 Å². The first-order valence-electron chi connectivity index (χ1n) is 12.7. The number of aromatic carboxylic acids is 1. The Kier molecular flexibility index (Phi) is 6.76. The van der Waals surface area contributed by atoms with Gasteiger partial charge in [-0.25, -0.2) is 14.6 Å². The highest BCUT2D eigenvalue weighted by molar-refractivity contribution is 5.95. The molecule has 1 saturated carbocycles. The van der Waals surface area contributed by atoms with Crippen LogP contribution in [0, 0.1) is 12.8 Å². The topological polar surface area (TPSA) is 97.6 Å². The number of carbonyl (C=O) groups excluding carboxylic acids is 1. The summed E-state index contributed by atoms with van der Waals surface area (Å²) in [6.07, 6.45) is 8.80. The predicted molar refractivity (Wildman–Crippen MR) is 136 cm³/mol. The lowest BCUT2D eigenvalue weighted by Crippen LogP contribution is -2.32. The van der Waals surface area contributed by atoms with Crippen LogP contribution in [0.1, 0.15) is 69.8 Å². The zero-order valence-corrected chi connectivity index (χ0v) is 20.9. The molecule has 1 aliphatic carbocycles. The molecular formula is C28H32N4O4. The van der Waals surface area contributed by atoms with E-state index < -0.39 is 5.97 Å². The van der Waals surface area contributed by atoms with Crippen LogP contribution in [0.25, 0.3) is 11.1 Å². The van der Waals surface area contributed by atoms with Gasteiger partial charge in [-0.1, -0.05) is 31.4 Å². The van der Waals surface area contributed by atoms with E-state index in [4.69, 9.17) is 4.74 Å². The smallest absolute Gasteiger partial charge is 0.355 e. The Hall–Kier alpha value is -3.68. The lowest BCUT2D eigenvalue weighted by Gasteiger charge is -2.31. The molecule has 3 aromatic rings. The van der Waals surface area contributed by atoms with E-state index in [-0.39, 0.29) is 11.7 Å². The number of carboxylic acid groups (broad SMARTS) is 1. The number of anilines is 1. The lowest BCUT2D eigenvalue weighted by molar-refractivity contribution is 0.0598. The first-order chi connectivity index (χ1) is 17.5. The van der Waals surface area contributed by atoms with Crippen molar-refractivity contribution >= 4 is 17.8 Å². The third-order valence-electron chi connectivity index (χ3n) is 7.63. The highest BCUT2D eigenvalue weighted by Gasteiger charge is 2.26. The van der Waals surface area contributed by atoms with Crippen molar-refractivity contribution < 1.29 is 19.4 Å². The highest BCUT2D eigenvalue weighted by atomic mass is 16.5. The first-order valence-corrected chi connectivity index (χ1v) is 12.7. The average Bonchev–Trinajstić information content (AvgIpc) is 3.27. The molecule has 1 aromatic carbocycles. The van der Waals surface area contributed by atoms with E-state index in [0.717, 1.165) is 35.3 Å². The Morgan fingerprint density at radius 3 is 2.67 bits per heavy atom. The number of rotatable bonds is 6. The van der Waals surface area contributed by atoms with Crippen molar-refractivity contribution in [1.29, 1.82) is 0 Å². The maximum Gasteiger partial charge on any atom is 0.355 e. The Labute approximate surface area is 210 Å². The first kappa shape index (κ1) is 24.0. The van der Waals surface area contributed by atoms with E-state index in [2.05, 4.69) is 10.1 Å². The lowest BCUT2D eigenvalue weighted by atomic mass is 9.89. The zero-order valence-electron chi connectivity index (χ0n) is 20.9. The fourth-order valence-corrected chi connectivity index (χ4v) is 5.59. The molecule has 1 N–H and O–H groups in total. The van der Waals surface area contributed by atoms with Gasteiger partial charge in [-0.2, -0.15) is 5.10 Å². The van der Waals surface area contributed by atoms with E-state index >= 15 is 0 Å². The number of pyridine rings is 1. The van der Waals surface area contributed by atoms with Gasteiger partial charge in [0.2, 0.25) is 0 Å². The van der Waals surface area contributed by atoms with Gasteiger partial charge in [0.15, 0.2) is 5.69 Å². The minimum absolute atomic E-state index is 0.0138. The molecule has 1 fully saturated rings. The van der Waals surface area contributed by atoms with Crippen LogP contribution in [-0.4, -0.2) is 45.5 Å². The Bertz CT molecular complexity index is 1290. The number of nitrogens with zero attached hydrogens (tertiary/aromatic N) is 4. The van der Waals surface area contributed by atoms with Crippen LogP contribution >= 0.6 is 0 Å². The van der Waals surface area contributed by atoms with Crippen LogP contribution in [0.15, 0.2) is 36.5 Å². The number of methoxy groups -OCH3 is 1. The molecule has 5 rings (SSSR count). The fraction of sp³-hybridized carbons (Fsp3) is 0.429. The number of hydrogen-bond donors (Lipinski definition) is 1. The molecule has 0 amide bonds. The van der Waals surface area contributed by atoms with Crippen LogP contribution in [0.3, 0.4) is 0 Å². The summed E-state index contributed by atoms with van der Waals surface area (Å²) < 4.78 is 6.98. The van der Waals surface area contributed by atoms with Crippen LogP contribution in [0.5, 0.6) is 0 Å². The second-order valence-electron chi connectivity index (χ2n) is 9.81. The van der Waals surface area contributed by atoms with Gasteiger partial charge < -0.3 is 14.7 Å². The van der Waals surface area contributed by atoms with Gasteiger partial charge in [-0.15, -0.1) is 0 Å². The van der Waals surface area contributed by atoms with Crippen LogP contribution < -0.4 is 4.90 Å². The molecule has 0 bridgehead atoms. The maximum atomic E-state index is 12.3. The predicted octanol–water partition coefficient (Wildman–Crippen LogP) is 4.88. The molecule has 0 spiro atoms. The highest BCUT2D eigenvalue weighted by Crippen LogP contribution is 2.32. The van der Waals surface area contributed by atoms with E-state index in [1.807, 2.05) is 40.8 Å². The van der Waals surface area contributed by atoms with Crippen LogP contribution in [0.4, 0.5) is 5.82 Å². The number of esters is 1. The van der Waals surface area contributed by atoms with Crippen LogP contribution in [-0.2, 0) is 24.2 Å². The second kappa shape index (κ2) is 10.1. The van der Waals surface area contributed by atoms with Crippen molar-refractivity contribution in [2.45, 2.75) is 58.5 Å². The Morgan fingerprint density at radius 1 is 1.11 bits per heavy atom. The molecular weight excluding hydrogens is 456 g/mol. The van der Waals surface area contributed by atoms with Gasteiger partial charge in [0.05, 0.1) is 18.9 Å². The molecule has 0 unspecified atom stereocenters. The molecule has 0 radical (unpaired) electrons. The minimum Gasteiger partial charge on any atom is -0.476 e. The summed E-state index contributed by atoms with van der Waals surface area (Å²) in [5.41, 5.74) is 4.90. The number of benzene rings is 1. The van der Waals surface area contributed by atoms with E-state index in [0.29, 0.717) is 36.0 Å². The van der Waals surface area contributed by atoms with E-state index in [1.54, 1.807) is 12.3 Å². The summed E-state index contributed by atoms with van der Waals surface area (Å²) in [4.78, 5) is 31.2. The summed E-state index contributed by atoms with van der Waals surface area (Å²) in [5, 5.41) is 14.6. The number of aromatic nitrogens is 3. The second-order valence-corrected chi connectivity index (χ2v) is 9.81. The molecule has 36 heavy (non-hydrogen) atoms. The summed E-state index contributed by atoms with van der Waals surface area (Å²) in [6.45, 7) is 4.02. The van der Waals surface area contributed by atoms with E-state index in [9.17, 15) is 14.7 Å². The Morgan fingerprint density at radius 2 is 1.92 bits per heavy atom. The average molecular weight is 489 g/mol. The zero-order chi connectivity index (χ0) is 25.2. The fourth-order valence-electron chi connectivity index (χ4n) is 5.59. The van der Waals surface area contributed by atoms with Crippen molar-refractivity contribution in [2.75, 3.05) is 18.6 Å². The summed E-state index contributed by atoms with van der Waals surface area (Å²) in [6, 6.07) is 9.36. The number of carboxylic acids is 1. The quantitative estimate of drug-likeness (QED) is 0.494. The van der Waals surface area contributed by atoms with Crippen molar-refractivity contribution in [3.05, 3.63) is 64.6 Å². The third kappa shape index (κ3) is 4.59. The molecule has 3 heterocycles. The number of carbonyl (C=O) groups is 2. The molecule has 0 saturated heterocycles. The molecule has 2 aromatic heterocycles. The molecule has 188 valence electrons. The standard InChI is InChI=1S/C28H32N4O4/c1-18-23(15-29-32(18)16-19-7-4-3-5-8-19)21-11-12-25(30-26(21)27(33)34)31-14-13-20-9-6-10-22(24(20)17-31)28(35)36-2/h6,9-12,15,19H,3-5,7-8,13-14,16-17H2,1-2H3,(H,33,34). The van der Waals surface area contributed by atoms with Crippen LogP contribution in [0.2, 0.25) is 0 Å². The third-order valence-corrected chi connectivity index (χ3v) is 7.63. The molecule has 1 aliphatic heterocycles. The van der Waals surface area contributed by atoms with Gasteiger partial charge >= 0.3 is 11.9 Å². The number of ether oxygens (including phenoxy) is 1. The van der Waals surface area contributed by atoms with Gasteiger partial charge in [0.25, 0.3) is 0 Å². The molecule has 2 aliphatic rings. The van der Waals surface area contributed by atoms with Gasteiger partial charge in [0, 0.05) is 36.5 Å². The van der Waals surface area contributed by atoms with Crippen molar-refractivity contribution in [3.63, 3.8) is 0 Å². The molecule has 8 nitrogen and oxygen atoms in total. The molecule has 8 heteroatoms. The monoisotopic (exact) mass is 488 g/mol. The van der Waals surface area contributed by atoms with Crippen molar-refractivity contribution in [3.8, 4) is 11.1 Å². The Balaban J connectivity index is 1.43. The van der Waals surface area contributed by atoms with Crippen molar-refractivity contribution in [1.82, 2.24) is 14.8 Å². The summed E-state index contributed by atoms with van der Waals surface area (Å²) in [7, 11) is 1.38. The normalized spacial score (nSPS) is 16.0. The summed E-state index contributed by atoms with van der Waals surface area (Å²) in [5.74, 6) is -0.238. The SMILES string of the molecule is COC(=O)c1cccc2c1CN(c1ccc(-c3cnn(CC4CCCCC4)c3C)c(C(=O)O)n1)CC2.